The zero-order valence-corrected chi connectivity index (χ0v) is 25.5. The molecule has 2 aliphatic rings. The fraction of sp³-hybridized carbons (Fsp3) is 0.452. The first kappa shape index (κ1) is 28.9. The maximum atomic E-state index is 13.7. The molecular formula is C31H36ClN5O4S. The molecule has 1 unspecified atom stereocenters. The smallest absolute Gasteiger partial charge is 0.268 e. The van der Waals surface area contributed by atoms with Crippen LogP contribution in [0.25, 0.3) is 21.5 Å². The summed E-state index contributed by atoms with van der Waals surface area (Å²) in [4.78, 5) is 32.2. The van der Waals surface area contributed by atoms with Crippen molar-refractivity contribution in [3.05, 3.63) is 63.8 Å². The second kappa shape index (κ2) is 12.2. The van der Waals surface area contributed by atoms with Crippen LogP contribution in [0.15, 0.2) is 47.0 Å². The molecule has 2 fully saturated rings. The van der Waals surface area contributed by atoms with Gasteiger partial charge in [-0.05, 0) is 75.9 Å². The summed E-state index contributed by atoms with van der Waals surface area (Å²) in [5.74, 6) is 0.383. The first-order valence-electron chi connectivity index (χ1n) is 14.6. The third kappa shape index (κ3) is 5.86. The number of nitrogens with zero attached hydrogens (tertiary/aromatic N) is 4. The fourth-order valence-electron chi connectivity index (χ4n) is 6.15. The number of fused-ring (bicyclic) bond motifs is 1. The van der Waals surface area contributed by atoms with E-state index < -0.39 is 0 Å². The van der Waals surface area contributed by atoms with Gasteiger partial charge in [0, 0.05) is 54.3 Å². The van der Waals surface area contributed by atoms with Crippen molar-refractivity contribution < 1.29 is 19.2 Å². The molecule has 0 saturated carbocycles. The molecule has 6 rings (SSSR count). The number of likely N-dealkylation sites (tertiary alicyclic amines) is 2. The van der Waals surface area contributed by atoms with E-state index in [0.29, 0.717) is 46.2 Å². The van der Waals surface area contributed by atoms with Crippen LogP contribution in [0.1, 0.15) is 66.1 Å². The van der Waals surface area contributed by atoms with Gasteiger partial charge in [0.25, 0.3) is 11.8 Å². The molecule has 0 spiro atoms. The van der Waals surface area contributed by atoms with E-state index in [1.54, 1.807) is 11.0 Å². The van der Waals surface area contributed by atoms with Crippen LogP contribution < -0.4 is 5.32 Å². The highest BCUT2D eigenvalue weighted by atomic mass is 35.5. The van der Waals surface area contributed by atoms with E-state index in [9.17, 15) is 14.7 Å². The van der Waals surface area contributed by atoms with Gasteiger partial charge >= 0.3 is 0 Å². The lowest BCUT2D eigenvalue weighted by molar-refractivity contribution is 0.0677. The maximum absolute atomic E-state index is 13.7. The highest BCUT2D eigenvalue weighted by molar-refractivity contribution is 7.19. The van der Waals surface area contributed by atoms with Crippen LogP contribution >= 0.6 is 22.9 Å². The first-order chi connectivity index (χ1) is 20.3. The van der Waals surface area contributed by atoms with Gasteiger partial charge in [-0.3, -0.25) is 9.59 Å². The van der Waals surface area contributed by atoms with Gasteiger partial charge in [0.1, 0.15) is 11.4 Å². The second-order valence-electron chi connectivity index (χ2n) is 11.5. The predicted molar refractivity (Wildman–Crippen MR) is 164 cm³/mol. The van der Waals surface area contributed by atoms with E-state index in [4.69, 9.17) is 16.1 Å². The lowest BCUT2D eigenvalue weighted by Gasteiger charge is -2.34. The maximum Gasteiger partial charge on any atom is 0.268 e. The average Bonchev–Trinajstić information content (AvgIpc) is 3.79. The predicted octanol–water partition coefficient (Wildman–Crippen LogP) is 5.26. The number of carbonyl (C=O) groups is 2. The number of hydrogen-bond acceptors (Lipinski definition) is 7. The van der Waals surface area contributed by atoms with Crippen LogP contribution in [0.5, 0.6) is 0 Å². The Bertz CT molecular complexity index is 1580. The van der Waals surface area contributed by atoms with Crippen LogP contribution in [0.3, 0.4) is 0 Å². The van der Waals surface area contributed by atoms with E-state index in [2.05, 4.69) is 29.2 Å². The molecule has 2 amide bonds. The van der Waals surface area contributed by atoms with E-state index in [1.807, 2.05) is 41.0 Å². The fourth-order valence-corrected chi connectivity index (χ4v) is 7.14. The minimum Gasteiger partial charge on any atom is -0.394 e. The second-order valence-corrected chi connectivity index (χ2v) is 13.2. The molecule has 11 heteroatoms. The first-order valence-corrected chi connectivity index (χ1v) is 15.8. The Morgan fingerprint density at radius 3 is 2.64 bits per heavy atom. The quantitative estimate of drug-likeness (QED) is 0.282. The zero-order chi connectivity index (χ0) is 29.4. The summed E-state index contributed by atoms with van der Waals surface area (Å²) in [5, 5.41) is 18.1. The number of nitrogens with one attached hydrogen (secondary N) is 1. The number of piperidine rings is 1. The van der Waals surface area contributed by atoms with Crippen molar-refractivity contribution in [1.82, 2.24) is 24.8 Å². The van der Waals surface area contributed by atoms with Crippen LogP contribution in [0.4, 0.5) is 0 Å². The summed E-state index contributed by atoms with van der Waals surface area (Å²) in [5.41, 5.74) is 2.56. The number of amides is 2. The number of benzene rings is 1. The molecular weight excluding hydrogens is 574 g/mol. The van der Waals surface area contributed by atoms with E-state index >= 15 is 0 Å². The molecule has 1 aromatic carbocycles. The molecule has 42 heavy (non-hydrogen) atoms. The van der Waals surface area contributed by atoms with Gasteiger partial charge in [0.05, 0.1) is 28.4 Å². The van der Waals surface area contributed by atoms with Crippen LogP contribution in [-0.2, 0) is 6.54 Å². The SMILES string of the molecule is CC(C)N1CCC(NC(=O)c2cc3cc(C(=O)N4CCCC4CO)ccc3n2Cc2cc(-c3ccc(Cl)s3)on2)CC1. The van der Waals surface area contributed by atoms with E-state index in [-0.39, 0.29) is 30.5 Å². The lowest BCUT2D eigenvalue weighted by Crippen LogP contribution is -2.46. The van der Waals surface area contributed by atoms with Crippen molar-refractivity contribution in [2.75, 3.05) is 26.2 Å². The van der Waals surface area contributed by atoms with Gasteiger partial charge in [-0.2, -0.15) is 0 Å². The number of aromatic nitrogens is 2. The minimum atomic E-state index is -0.152. The van der Waals surface area contributed by atoms with Gasteiger partial charge < -0.3 is 29.3 Å². The number of aliphatic hydroxyl groups is 1. The van der Waals surface area contributed by atoms with Gasteiger partial charge in [0.15, 0.2) is 5.76 Å². The van der Waals surface area contributed by atoms with Crippen LogP contribution in [0, 0.1) is 0 Å². The molecule has 2 N–H and O–H groups in total. The molecule has 2 saturated heterocycles. The molecule has 0 bridgehead atoms. The Morgan fingerprint density at radius 1 is 1.12 bits per heavy atom. The number of halogens is 1. The Hall–Kier alpha value is -3.18. The van der Waals surface area contributed by atoms with E-state index in [0.717, 1.165) is 54.6 Å². The Morgan fingerprint density at radius 2 is 1.93 bits per heavy atom. The number of carbonyl (C=O) groups excluding carboxylic acids is 2. The Kier molecular flexibility index (Phi) is 8.40. The normalized spacial score (nSPS) is 18.4. The Labute approximate surface area is 254 Å². The zero-order valence-electron chi connectivity index (χ0n) is 23.9. The van der Waals surface area contributed by atoms with Gasteiger partial charge in [-0.1, -0.05) is 16.8 Å². The number of hydrogen-bond donors (Lipinski definition) is 2. The van der Waals surface area contributed by atoms with Gasteiger partial charge in [0.2, 0.25) is 0 Å². The molecule has 3 aromatic heterocycles. The highest BCUT2D eigenvalue weighted by Crippen LogP contribution is 2.32. The largest absolute Gasteiger partial charge is 0.394 e. The summed E-state index contributed by atoms with van der Waals surface area (Å²) in [6.07, 6.45) is 3.49. The van der Waals surface area contributed by atoms with Crippen LogP contribution in [-0.4, -0.2) is 80.8 Å². The number of rotatable bonds is 8. The number of aliphatic hydroxyl groups excluding tert-OH is 1. The summed E-state index contributed by atoms with van der Waals surface area (Å²) in [6, 6.07) is 13.4. The third-order valence-corrected chi connectivity index (χ3v) is 9.77. The van der Waals surface area contributed by atoms with Crippen LogP contribution in [0.2, 0.25) is 4.34 Å². The molecule has 9 nitrogen and oxygen atoms in total. The van der Waals surface area contributed by atoms with Crippen molar-refractivity contribution in [3.63, 3.8) is 0 Å². The molecule has 2 aliphatic heterocycles. The molecule has 0 radical (unpaired) electrons. The van der Waals surface area contributed by atoms with Gasteiger partial charge in [-0.25, -0.2) is 0 Å². The summed E-state index contributed by atoms with van der Waals surface area (Å²) >= 11 is 7.53. The minimum absolute atomic E-state index is 0.0395. The van der Waals surface area contributed by atoms with Gasteiger partial charge in [-0.15, -0.1) is 11.3 Å². The molecule has 4 aromatic rings. The molecule has 222 valence electrons. The standard InChI is InChI=1S/C31H36ClN5O4S/c1-19(2)35-12-9-22(10-13-35)33-30(39)26-15-21-14-20(31(40)36-11-3-4-24(36)18-38)5-6-25(21)37(26)17-23-16-27(41-34-23)28-7-8-29(32)42-28/h5-8,14-16,19,22,24,38H,3-4,9-13,17-18H2,1-2H3,(H,33,39). The Balaban J connectivity index is 1.30. The molecule has 5 heterocycles. The van der Waals surface area contributed by atoms with Crippen molar-refractivity contribution in [3.8, 4) is 10.6 Å². The van der Waals surface area contributed by atoms with Crippen molar-refractivity contribution in [2.24, 2.45) is 0 Å². The van der Waals surface area contributed by atoms with Crippen molar-refractivity contribution >= 4 is 45.7 Å². The number of thiophene rings is 1. The summed E-state index contributed by atoms with van der Waals surface area (Å²) < 4.78 is 8.23. The average molecular weight is 610 g/mol. The van der Waals surface area contributed by atoms with Crippen molar-refractivity contribution in [2.45, 2.75) is 64.2 Å². The molecule has 0 aliphatic carbocycles. The monoisotopic (exact) mass is 609 g/mol. The highest BCUT2D eigenvalue weighted by Gasteiger charge is 2.30. The lowest BCUT2D eigenvalue weighted by atomic mass is 10.0. The van der Waals surface area contributed by atoms with Crippen molar-refractivity contribution in [1.29, 1.82) is 0 Å². The third-order valence-electron chi connectivity index (χ3n) is 8.52. The van der Waals surface area contributed by atoms with E-state index in [1.165, 1.54) is 11.3 Å². The summed E-state index contributed by atoms with van der Waals surface area (Å²) in [7, 11) is 0. The molecule has 1 atom stereocenters. The topological polar surface area (TPSA) is 104 Å². The summed E-state index contributed by atoms with van der Waals surface area (Å²) in [6.45, 7) is 7.23.